The molecule has 0 fully saturated rings. The number of carbonyl (C=O) groups excluding carboxylic acids is 1. The summed E-state index contributed by atoms with van der Waals surface area (Å²) in [6.45, 7) is 7.19. The summed E-state index contributed by atoms with van der Waals surface area (Å²) in [6, 6.07) is 9.79. The highest BCUT2D eigenvalue weighted by Crippen LogP contribution is 2.25. The van der Waals surface area contributed by atoms with Crippen LogP contribution in [0, 0.1) is 5.92 Å². The number of rotatable bonds is 10. The SMILES string of the molecule is CCCCn1c(=O)[nH]c(=O)c2c1nc(CCC(=O)Nc1nc(-c3ccccc3)cs1)n2CC(C)C. The van der Waals surface area contributed by atoms with Crippen molar-refractivity contribution in [1.29, 1.82) is 0 Å². The molecule has 0 spiro atoms. The monoisotopic (exact) mass is 494 g/mol. The third-order valence-corrected chi connectivity index (χ3v) is 6.40. The summed E-state index contributed by atoms with van der Waals surface area (Å²) in [5.41, 5.74) is 1.68. The molecule has 0 aliphatic heterocycles. The Labute approximate surface area is 206 Å². The molecule has 0 aliphatic rings. The summed E-state index contributed by atoms with van der Waals surface area (Å²) >= 11 is 1.38. The van der Waals surface area contributed by atoms with Gasteiger partial charge in [0.15, 0.2) is 16.3 Å². The molecule has 0 aliphatic carbocycles. The Bertz CT molecular complexity index is 1430. The van der Waals surface area contributed by atoms with E-state index in [1.54, 1.807) is 0 Å². The van der Waals surface area contributed by atoms with Gasteiger partial charge in [-0.1, -0.05) is 57.5 Å². The molecule has 35 heavy (non-hydrogen) atoms. The Morgan fingerprint density at radius 2 is 1.91 bits per heavy atom. The molecule has 0 saturated heterocycles. The molecule has 0 saturated carbocycles. The molecule has 0 atom stereocenters. The fraction of sp³-hybridized carbons (Fsp3) is 0.400. The van der Waals surface area contributed by atoms with Crippen LogP contribution in [0.5, 0.6) is 0 Å². The molecule has 1 aromatic carbocycles. The largest absolute Gasteiger partial charge is 0.330 e. The van der Waals surface area contributed by atoms with Gasteiger partial charge < -0.3 is 9.88 Å². The Balaban J connectivity index is 1.56. The number of hydrogen-bond donors (Lipinski definition) is 2. The van der Waals surface area contributed by atoms with Gasteiger partial charge in [-0.3, -0.25) is 19.1 Å². The maximum atomic E-state index is 12.7. The lowest BCUT2D eigenvalue weighted by molar-refractivity contribution is -0.116. The van der Waals surface area contributed by atoms with Crippen LogP contribution in [0.4, 0.5) is 5.13 Å². The number of thiazole rings is 1. The first-order valence-corrected chi connectivity index (χ1v) is 12.8. The maximum Gasteiger partial charge on any atom is 0.330 e. The number of aromatic nitrogens is 5. The molecule has 0 radical (unpaired) electrons. The van der Waals surface area contributed by atoms with Crippen molar-refractivity contribution in [2.24, 2.45) is 5.92 Å². The highest BCUT2D eigenvalue weighted by molar-refractivity contribution is 7.14. The van der Waals surface area contributed by atoms with Gasteiger partial charge in [-0.05, 0) is 12.3 Å². The van der Waals surface area contributed by atoms with Crippen molar-refractivity contribution in [3.05, 3.63) is 62.4 Å². The number of nitrogens with one attached hydrogen (secondary N) is 2. The summed E-state index contributed by atoms with van der Waals surface area (Å²) in [6.07, 6.45) is 2.23. The summed E-state index contributed by atoms with van der Waals surface area (Å²) < 4.78 is 3.38. The quantitative estimate of drug-likeness (QED) is 0.345. The number of benzene rings is 1. The van der Waals surface area contributed by atoms with E-state index in [1.807, 2.05) is 47.2 Å². The predicted molar refractivity (Wildman–Crippen MR) is 139 cm³/mol. The fourth-order valence-corrected chi connectivity index (χ4v) is 4.71. The molecule has 3 aromatic heterocycles. The molecule has 2 N–H and O–H groups in total. The molecular formula is C25H30N6O3S. The summed E-state index contributed by atoms with van der Waals surface area (Å²) in [7, 11) is 0. The minimum Gasteiger partial charge on any atom is -0.322 e. The van der Waals surface area contributed by atoms with Crippen LogP contribution in [0.3, 0.4) is 0 Å². The van der Waals surface area contributed by atoms with Crippen LogP contribution in [-0.2, 0) is 24.3 Å². The van der Waals surface area contributed by atoms with Gasteiger partial charge >= 0.3 is 5.69 Å². The van der Waals surface area contributed by atoms with E-state index in [0.717, 1.165) is 24.1 Å². The second kappa shape index (κ2) is 10.8. The molecule has 4 rings (SSSR count). The van der Waals surface area contributed by atoms with E-state index in [2.05, 4.69) is 34.1 Å². The van der Waals surface area contributed by atoms with Crippen LogP contribution in [0.15, 0.2) is 45.3 Å². The topological polar surface area (TPSA) is 115 Å². The van der Waals surface area contributed by atoms with Gasteiger partial charge in [-0.15, -0.1) is 11.3 Å². The normalized spacial score (nSPS) is 11.4. The number of amides is 1. The molecule has 10 heteroatoms. The van der Waals surface area contributed by atoms with Crippen molar-refractivity contribution < 1.29 is 4.79 Å². The molecule has 0 bridgehead atoms. The smallest absolute Gasteiger partial charge is 0.322 e. The molecule has 9 nitrogen and oxygen atoms in total. The van der Waals surface area contributed by atoms with Crippen molar-refractivity contribution in [2.75, 3.05) is 5.32 Å². The lowest BCUT2D eigenvalue weighted by atomic mass is 10.2. The van der Waals surface area contributed by atoms with Crippen LogP contribution in [-0.4, -0.2) is 30.0 Å². The van der Waals surface area contributed by atoms with Gasteiger partial charge in [0.05, 0.1) is 5.69 Å². The zero-order chi connectivity index (χ0) is 24.9. The average molecular weight is 495 g/mol. The number of carbonyl (C=O) groups is 1. The van der Waals surface area contributed by atoms with Crippen LogP contribution >= 0.6 is 11.3 Å². The number of anilines is 1. The van der Waals surface area contributed by atoms with Gasteiger partial charge in [0.1, 0.15) is 5.82 Å². The molecule has 4 aromatic rings. The fourth-order valence-electron chi connectivity index (χ4n) is 3.97. The minimum absolute atomic E-state index is 0.179. The maximum absolute atomic E-state index is 12.7. The molecule has 0 unspecified atom stereocenters. The number of nitrogens with zero attached hydrogens (tertiary/aromatic N) is 4. The van der Waals surface area contributed by atoms with Gasteiger partial charge in [0.2, 0.25) is 5.91 Å². The molecule has 1 amide bonds. The van der Waals surface area contributed by atoms with Crippen LogP contribution < -0.4 is 16.6 Å². The predicted octanol–water partition coefficient (Wildman–Crippen LogP) is 4.04. The number of imidazole rings is 1. The standard InChI is InChI=1S/C25H30N6O3S/c1-4-5-13-30-22-21(23(33)29-25(30)34)31(14-16(2)3)19(27-22)11-12-20(32)28-24-26-18(15-35-24)17-9-7-6-8-10-17/h6-10,15-16H,4-5,11-14H2,1-3H3,(H,26,28,32)(H,29,33,34). The van der Waals surface area contributed by atoms with Gasteiger partial charge in [-0.25, -0.2) is 14.8 Å². The van der Waals surface area contributed by atoms with Crippen LogP contribution in [0.1, 0.15) is 45.9 Å². The van der Waals surface area contributed by atoms with Gasteiger partial charge in [0.25, 0.3) is 5.56 Å². The lowest BCUT2D eigenvalue weighted by Gasteiger charge is -2.11. The Morgan fingerprint density at radius 1 is 1.14 bits per heavy atom. The summed E-state index contributed by atoms with van der Waals surface area (Å²) in [4.78, 5) is 49.5. The first kappa shape index (κ1) is 24.6. The number of aromatic amines is 1. The zero-order valence-electron chi connectivity index (χ0n) is 20.2. The highest BCUT2D eigenvalue weighted by atomic mass is 32.1. The number of hydrogen-bond acceptors (Lipinski definition) is 6. The lowest BCUT2D eigenvalue weighted by Crippen LogP contribution is -2.31. The van der Waals surface area contributed by atoms with Crippen molar-refractivity contribution in [2.45, 2.75) is 59.5 Å². The minimum atomic E-state index is -0.451. The van der Waals surface area contributed by atoms with Crippen molar-refractivity contribution in [3.63, 3.8) is 0 Å². The van der Waals surface area contributed by atoms with Crippen molar-refractivity contribution >= 4 is 33.5 Å². The van der Waals surface area contributed by atoms with Crippen molar-refractivity contribution in [1.82, 2.24) is 24.1 Å². The van der Waals surface area contributed by atoms with Gasteiger partial charge in [0, 0.05) is 36.9 Å². The molecule has 184 valence electrons. The Morgan fingerprint density at radius 3 is 2.63 bits per heavy atom. The third-order valence-electron chi connectivity index (χ3n) is 5.64. The first-order chi connectivity index (χ1) is 16.9. The molecular weight excluding hydrogens is 464 g/mol. The summed E-state index contributed by atoms with van der Waals surface area (Å²) in [5, 5.41) is 5.31. The number of aryl methyl sites for hydroxylation is 2. The van der Waals surface area contributed by atoms with E-state index in [0.29, 0.717) is 41.6 Å². The Hall–Kier alpha value is -3.53. The van der Waals surface area contributed by atoms with Crippen LogP contribution in [0.2, 0.25) is 0 Å². The second-order valence-electron chi connectivity index (χ2n) is 8.92. The van der Waals surface area contributed by atoms with E-state index in [4.69, 9.17) is 0 Å². The number of H-pyrrole nitrogens is 1. The van der Waals surface area contributed by atoms with Crippen molar-refractivity contribution in [3.8, 4) is 11.3 Å². The van der Waals surface area contributed by atoms with E-state index in [-0.39, 0.29) is 18.2 Å². The zero-order valence-corrected chi connectivity index (χ0v) is 21.0. The molecule has 3 heterocycles. The number of unbranched alkanes of at least 4 members (excludes halogenated alkanes) is 1. The van der Waals surface area contributed by atoms with E-state index in [9.17, 15) is 14.4 Å². The number of fused-ring (bicyclic) bond motifs is 1. The van der Waals surface area contributed by atoms with E-state index < -0.39 is 11.2 Å². The average Bonchev–Trinajstić information content (AvgIpc) is 3.43. The van der Waals surface area contributed by atoms with E-state index >= 15 is 0 Å². The van der Waals surface area contributed by atoms with Gasteiger partial charge in [-0.2, -0.15) is 0 Å². The highest BCUT2D eigenvalue weighted by Gasteiger charge is 2.20. The second-order valence-corrected chi connectivity index (χ2v) is 9.78. The van der Waals surface area contributed by atoms with E-state index in [1.165, 1.54) is 15.9 Å². The Kier molecular flexibility index (Phi) is 7.60. The third kappa shape index (κ3) is 5.59. The van der Waals surface area contributed by atoms with Crippen LogP contribution in [0.25, 0.3) is 22.4 Å². The first-order valence-electron chi connectivity index (χ1n) is 11.9. The summed E-state index contributed by atoms with van der Waals surface area (Å²) in [5.74, 6) is 0.691.